The highest BCUT2D eigenvalue weighted by Gasteiger charge is 2.25. The van der Waals surface area contributed by atoms with Crippen LogP contribution in [-0.2, 0) is 17.6 Å². The number of ether oxygens (including phenoxy) is 4. The van der Waals surface area contributed by atoms with Gasteiger partial charge in [0.1, 0.15) is 0 Å². The zero-order valence-corrected chi connectivity index (χ0v) is 18.2. The van der Waals surface area contributed by atoms with Crippen molar-refractivity contribution in [2.75, 3.05) is 20.8 Å². The molecule has 0 aliphatic rings. The van der Waals surface area contributed by atoms with Crippen molar-refractivity contribution in [2.24, 2.45) is 0 Å². The molecular formula is C25H28O5. The molecule has 3 aromatic rings. The van der Waals surface area contributed by atoms with E-state index in [9.17, 15) is 4.79 Å². The summed E-state index contributed by atoms with van der Waals surface area (Å²) < 4.78 is 22.9. The topological polar surface area (TPSA) is 54.0 Å². The predicted octanol–water partition coefficient (Wildman–Crippen LogP) is 5.27. The van der Waals surface area contributed by atoms with Gasteiger partial charge < -0.3 is 18.9 Å². The molecule has 0 amide bonds. The zero-order valence-electron chi connectivity index (χ0n) is 18.2. The van der Waals surface area contributed by atoms with Crippen LogP contribution in [0.5, 0.6) is 23.0 Å². The molecule has 0 radical (unpaired) electrons. The Morgan fingerprint density at radius 3 is 2.10 bits per heavy atom. The highest BCUT2D eigenvalue weighted by Crippen LogP contribution is 2.51. The lowest BCUT2D eigenvalue weighted by Gasteiger charge is -2.21. The Kier molecular flexibility index (Phi) is 6.83. The van der Waals surface area contributed by atoms with Gasteiger partial charge in [0.25, 0.3) is 0 Å². The van der Waals surface area contributed by atoms with Crippen LogP contribution in [0.25, 0.3) is 10.8 Å². The van der Waals surface area contributed by atoms with Gasteiger partial charge in [-0.05, 0) is 30.0 Å². The molecule has 3 aromatic carbocycles. The van der Waals surface area contributed by atoms with E-state index in [0.717, 1.165) is 29.2 Å². The zero-order chi connectivity index (χ0) is 21.7. The van der Waals surface area contributed by atoms with Gasteiger partial charge in [-0.25, -0.2) is 0 Å². The van der Waals surface area contributed by atoms with E-state index in [0.29, 0.717) is 29.6 Å². The number of benzene rings is 3. The molecule has 0 N–H and O–H groups in total. The number of hydrogen-bond acceptors (Lipinski definition) is 5. The van der Waals surface area contributed by atoms with Gasteiger partial charge in [0.2, 0.25) is 11.5 Å². The lowest BCUT2D eigenvalue weighted by Crippen LogP contribution is -2.08. The molecular weight excluding hydrogens is 380 g/mol. The molecule has 0 fully saturated rings. The van der Waals surface area contributed by atoms with Gasteiger partial charge in [-0.1, -0.05) is 49.4 Å². The maximum absolute atomic E-state index is 11.7. The second-order valence-electron chi connectivity index (χ2n) is 7.08. The van der Waals surface area contributed by atoms with Gasteiger partial charge in [-0.15, -0.1) is 0 Å². The highest BCUT2D eigenvalue weighted by molar-refractivity contribution is 6.01. The average Bonchev–Trinajstić information content (AvgIpc) is 2.74. The van der Waals surface area contributed by atoms with Crippen LogP contribution in [0.2, 0.25) is 0 Å². The fourth-order valence-corrected chi connectivity index (χ4v) is 3.57. The van der Waals surface area contributed by atoms with Crippen molar-refractivity contribution >= 4 is 16.7 Å². The minimum absolute atomic E-state index is 0.336. The van der Waals surface area contributed by atoms with Crippen LogP contribution in [0.15, 0.2) is 42.5 Å². The van der Waals surface area contributed by atoms with Crippen LogP contribution in [0.1, 0.15) is 30.5 Å². The molecule has 0 bridgehead atoms. The largest absolute Gasteiger partial charge is 0.490 e. The third-order valence-corrected chi connectivity index (χ3v) is 5.09. The van der Waals surface area contributed by atoms with E-state index in [1.807, 2.05) is 25.1 Å². The summed E-state index contributed by atoms with van der Waals surface area (Å²) in [7, 11) is 3.07. The molecule has 3 rings (SSSR count). The van der Waals surface area contributed by atoms with Crippen LogP contribution < -0.4 is 18.9 Å². The number of carbonyl (C=O) groups excluding carboxylic acids is 1. The summed E-state index contributed by atoms with van der Waals surface area (Å²) in [5.74, 6) is 1.25. The number of methoxy groups -OCH3 is 2. The van der Waals surface area contributed by atoms with Crippen LogP contribution in [0, 0.1) is 6.92 Å². The van der Waals surface area contributed by atoms with Crippen molar-refractivity contribution in [1.82, 2.24) is 0 Å². The Bertz CT molecular complexity index is 1040. The SMILES string of the molecule is CCc1ccc(CCOc2c(OC)c(OC)c(OC(C)=O)c3cccc(C)c23)cc1. The molecule has 0 aliphatic heterocycles. The summed E-state index contributed by atoms with van der Waals surface area (Å²) in [5, 5.41) is 1.58. The van der Waals surface area contributed by atoms with E-state index >= 15 is 0 Å². The number of aryl methyl sites for hydroxylation is 2. The van der Waals surface area contributed by atoms with Gasteiger partial charge >= 0.3 is 5.97 Å². The highest BCUT2D eigenvalue weighted by atomic mass is 16.6. The van der Waals surface area contributed by atoms with E-state index in [2.05, 4.69) is 31.2 Å². The van der Waals surface area contributed by atoms with Crippen molar-refractivity contribution in [3.63, 3.8) is 0 Å². The van der Waals surface area contributed by atoms with Crippen LogP contribution in [-0.4, -0.2) is 26.8 Å². The lowest BCUT2D eigenvalue weighted by molar-refractivity contribution is -0.131. The van der Waals surface area contributed by atoms with Crippen LogP contribution in [0.3, 0.4) is 0 Å². The summed E-state index contributed by atoms with van der Waals surface area (Å²) in [6.07, 6.45) is 1.78. The number of carbonyl (C=O) groups is 1. The molecule has 0 unspecified atom stereocenters. The first kappa shape index (κ1) is 21.5. The fraction of sp³-hybridized carbons (Fsp3) is 0.320. The molecule has 0 aromatic heterocycles. The normalized spacial score (nSPS) is 10.7. The molecule has 5 heteroatoms. The van der Waals surface area contributed by atoms with Crippen LogP contribution in [0.4, 0.5) is 0 Å². The van der Waals surface area contributed by atoms with E-state index < -0.39 is 5.97 Å². The summed E-state index contributed by atoms with van der Waals surface area (Å²) in [4.78, 5) is 11.7. The number of rotatable bonds is 8. The maximum atomic E-state index is 11.7. The molecule has 0 heterocycles. The summed E-state index contributed by atoms with van der Waals surface area (Å²) in [6.45, 7) is 5.97. The molecule has 5 nitrogen and oxygen atoms in total. The van der Waals surface area contributed by atoms with Crippen molar-refractivity contribution < 1.29 is 23.7 Å². The monoisotopic (exact) mass is 408 g/mol. The number of fused-ring (bicyclic) bond motifs is 1. The average molecular weight is 408 g/mol. The Hall–Kier alpha value is -3.21. The standard InChI is InChI=1S/C25H28O5/c1-6-18-10-12-19(13-11-18)14-15-29-23-21-16(2)8-7-9-20(21)22(30-17(3)26)24(27-4)25(23)28-5/h7-13H,6,14-15H2,1-5H3. The van der Waals surface area contributed by atoms with Crippen molar-refractivity contribution in [3.05, 3.63) is 59.2 Å². The molecule has 0 saturated carbocycles. The fourth-order valence-electron chi connectivity index (χ4n) is 3.57. The van der Waals surface area contributed by atoms with E-state index in [-0.39, 0.29) is 0 Å². The molecule has 0 aliphatic carbocycles. The minimum atomic E-state index is -0.428. The minimum Gasteiger partial charge on any atom is -0.490 e. The smallest absolute Gasteiger partial charge is 0.308 e. The third-order valence-electron chi connectivity index (χ3n) is 5.09. The summed E-state index contributed by atoms with van der Waals surface area (Å²) in [5.41, 5.74) is 3.51. The first-order valence-corrected chi connectivity index (χ1v) is 10.1. The van der Waals surface area contributed by atoms with Gasteiger partial charge in [0.15, 0.2) is 11.5 Å². The van der Waals surface area contributed by atoms with Crippen LogP contribution >= 0.6 is 0 Å². The molecule has 0 spiro atoms. The quantitative estimate of drug-likeness (QED) is 0.375. The molecule has 0 atom stereocenters. The Balaban J connectivity index is 2.02. The Morgan fingerprint density at radius 2 is 1.50 bits per heavy atom. The summed E-state index contributed by atoms with van der Waals surface area (Å²) >= 11 is 0. The van der Waals surface area contributed by atoms with E-state index in [1.165, 1.54) is 25.2 Å². The molecule has 0 saturated heterocycles. The Morgan fingerprint density at radius 1 is 0.867 bits per heavy atom. The van der Waals surface area contributed by atoms with Gasteiger partial charge in [0, 0.05) is 24.1 Å². The van der Waals surface area contributed by atoms with Gasteiger partial charge in [-0.2, -0.15) is 0 Å². The number of esters is 1. The maximum Gasteiger partial charge on any atom is 0.308 e. The molecule has 158 valence electrons. The first-order valence-electron chi connectivity index (χ1n) is 10.1. The number of hydrogen-bond donors (Lipinski definition) is 0. The van der Waals surface area contributed by atoms with Crippen molar-refractivity contribution in [2.45, 2.75) is 33.6 Å². The predicted molar refractivity (Wildman–Crippen MR) is 118 cm³/mol. The lowest BCUT2D eigenvalue weighted by atomic mass is 10.0. The first-order chi connectivity index (χ1) is 14.5. The van der Waals surface area contributed by atoms with Crippen molar-refractivity contribution in [3.8, 4) is 23.0 Å². The van der Waals surface area contributed by atoms with E-state index in [1.54, 1.807) is 7.11 Å². The molecule has 30 heavy (non-hydrogen) atoms. The van der Waals surface area contributed by atoms with Crippen molar-refractivity contribution in [1.29, 1.82) is 0 Å². The summed E-state index contributed by atoms with van der Waals surface area (Å²) in [6, 6.07) is 14.3. The second-order valence-corrected chi connectivity index (χ2v) is 7.08. The second kappa shape index (κ2) is 9.53. The third kappa shape index (κ3) is 4.35. The van der Waals surface area contributed by atoms with Gasteiger partial charge in [-0.3, -0.25) is 4.79 Å². The van der Waals surface area contributed by atoms with Gasteiger partial charge in [0.05, 0.1) is 20.8 Å². The van der Waals surface area contributed by atoms with E-state index in [4.69, 9.17) is 18.9 Å². The Labute approximate surface area is 177 Å².